The number of amides is 3. The van der Waals surface area contributed by atoms with Crippen molar-refractivity contribution in [3.8, 4) is 5.75 Å². The first-order valence-corrected chi connectivity index (χ1v) is 14.2. The van der Waals surface area contributed by atoms with Gasteiger partial charge in [-0.05, 0) is 89.3 Å². The van der Waals surface area contributed by atoms with Crippen molar-refractivity contribution in [2.45, 2.75) is 105 Å². The largest absolute Gasteiger partial charge is 0.508 e. The first-order valence-electron chi connectivity index (χ1n) is 14.2. The molecule has 3 N–H and O–H groups in total. The van der Waals surface area contributed by atoms with E-state index in [4.69, 9.17) is 4.74 Å². The topological polar surface area (TPSA) is 108 Å². The van der Waals surface area contributed by atoms with Gasteiger partial charge in [-0.1, -0.05) is 50.1 Å². The van der Waals surface area contributed by atoms with Crippen molar-refractivity contribution in [3.63, 3.8) is 0 Å². The molecule has 220 valence electrons. The third-order valence-electron chi connectivity index (χ3n) is 6.72. The van der Waals surface area contributed by atoms with Gasteiger partial charge in [-0.3, -0.25) is 9.59 Å². The molecule has 0 aliphatic rings. The highest BCUT2D eigenvalue weighted by atomic mass is 16.6. The van der Waals surface area contributed by atoms with Gasteiger partial charge >= 0.3 is 6.09 Å². The molecule has 2 atom stereocenters. The summed E-state index contributed by atoms with van der Waals surface area (Å²) >= 11 is 0. The van der Waals surface area contributed by atoms with E-state index in [9.17, 15) is 19.5 Å². The number of hydrogen-bond donors (Lipinski definition) is 3. The quantitative estimate of drug-likeness (QED) is 0.291. The van der Waals surface area contributed by atoms with Crippen LogP contribution in [0.15, 0.2) is 42.5 Å². The molecule has 0 saturated heterocycles. The second kappa shape index (κ2) is 14.7. The van der Waals surface area contributed by atoms with E-state index in [2.05, 4.69) is 17.6 Å². The summed E-state index contributed by atoms with van der Waals surface area (Å²) in [5, 5.41) is 15.5. The maximum absolute atomic E-state index is 14.4. The van der Waals surface area contributed by atoms with Crippen LogP contribution in [0.4, 0.5) is 4.79 Å². The number of aromatic hydroxyl groups is 1. The highest BCUT2D eigenvalue weighted by Crippen LogP contribution is 2.29. The molecular formula is C32H47N3O5. The maximum atomic E-state index is 14.4. The van der Waals surface area contributed by atoms with Gasteiger partial charge in [-0.25, -0.2) is 4.79 Å². The van der Waals surface area contributed by atoms with Gasteiger partial charge in [0.1, 0.15) is 23.4 Å². The number of aryl methyl sites for hydroxylation is 1. The Hall–Kier alpha value is -3.55. The van der Waals surface area contributed by atoms with E-state index in [-0.39, 0.29) is 24.1 Å². The minimum Gasteiger partial charge on any atom is -0.508 e. The Morgan fingerprint density at radius 2 is 1.65 bits per heavy atom. The van der Waals surface area contributed by atoms with Gasteiger partial charge < -0.3 is 25.4 Å². The second-order valence-electron chi connectivity index (χ2n) is 11.6. The minimum atomic E-state index is -1.01. The number of unbranched alkanes of at least 4 members (excludes halogenated alkanes) is 2. The zero-order valence-corrected chi connectivity index (χ0v) is 25.3. The Balaban J connectivity index is 2.55. The zero-order chi connectivity index (χ0) is 30.0. The number of benzene rings is 2. The van der Waals surface area contributed by atoms with Gasteiger partial charge in [0.2, 0.25) is 11.8 Å². The van der Waals surface area contributed by atoms with Gasteiger partial charge in [0.15, 0.2) is 0 Å². The molecule has 0 radical (unpaired) electrons. The molecule has 0 fully saturated rings. The lowest BCUT2D eigenvalue weighted by Crippen LogP contribution is -2.55. The van der Waals surface area contributed by atoms with E-state index in [0.717, 1.165) is 41.5 Å². The third-order valence-corrected chi connectivity index (χ3v) is 6.72. The molecule has 2 unspecified atom stereocenters. The van der Waals surface area contributed by atoms with Crippen LogP contribution in [0.25, 0.3) is 0 Å². The fourth-order valence-electron chi connectivity index (χ4n) is 4.55. The highest BCUT2D eigenvalue weighted by Gasteiger charge is 2.38. The van der Waals surface area contributed by atoms with E-state index in [0.29, 0.717) is 6.54 Å². The first-order chi connectivity index (χ1) is 18.7. The summed E-state index contributed by atoms with van der Waals surface area (Å²) in [5.74, 6) is -0.554. The number of nitrogens with one attached hydrogen (secondary N) is 2. The van der Waals surface area contributed by atoms with Crippen molar-refractivity contribution >= 4 is 17.9 Å². The number of phenolic OH excluding ortho intramolecular Hbond substituents is 1. The van der Waals surface area contributed by atoms with Crippen LogP contribution in [-0.2, 0) is 20.7 Å². The molecule has 0 heterocycles. The summed E-state index contributed by atoms with van der Waals surface area (Å²) in [7, 11) is 0. The van der Waals surface area contributed by atoms with Gasteiger partial charge in [-0.15, -0.1) is 0 Å². The van der Waals surface area contributed by atoms with Crippen molar-refractivity contribution in [2.75, 3.05) is 6.54 Å². The number of rotatable bonds is 12. The molecule has 0 aromatic heterocycles. The van der Waals surface area contributed by atoms with Crippen molar-refractivity contribution in [1.29, 1.82) is 0 Å². The Bertz CT molecular complexity index is 1140. The SMILES string of the molecule is CCCCCNC(=O)C(c1cccc(C)c1C)N(C(=O)C(Cc1ccc(O)cc1)NC(=O)OC(C)(C)C)C(C)C. The monoisotopic (exact) mass is 553 g/mol. The van der Waals surface area contributed by atoms with Crippen molar-refractivity contribution in [2.24, 2.45) is 0 Å². The molecular weight excluding hydrogens is 506 g/mol. The lowest BCUT2D eigenvalue weighted by molar-refractivity contribution is -0.144. The molecule has 0 spiro atoms. The highest BCUT2D eigenvalue weighted by molar-refractivity contribution is 5.92. The molecule has 0 saturated carbocycles. The van der Waals surface area contributed by atoms with Crippen LogP contribution >= 0.6 is 0 Å². The average Bonchev–Trinajstić information content (AvgIpc) is 2.86. The summed E-state index contributed by atoms with van der Waals surface area (Å²) in [6.45, 7) is 15.5. The molecule has 0 bridgehead atoms. The fraction of sp³-hybridized carbons (Fsp3) is 0.531. The summed E-state index contributed by atoms with van der Waals surface area (Å²) in [5.41, 5.74) is 2.68. The summed E-state index contributed by atoms with van der Waals surface area (Å²) in [4.78, 5) is 42.6. The summed E-state index contributed by atoms with van der Waals surface area (Å²) in [6, 6.07) is 9.97. The number of nitrogens with zero attached hydrogens (tertiary/aromatic N) is 1. The standard InChI is InChI=1S/C32H47N3O5/c1-9-10-11-19-33-29(37)28(26-14-12-13-22(4)23(26)5)35(21(2)3)30(38)27(34-31(39)40-32(6,7)8)20-24-15-17-25(36)18-16-24/h12-18,21,27-28,36H,9-11,19-20H2,1-8H3,(H,33,37)(H,34,39). The molecule has 2 rings (SSSR count). The fourth-order valence-corrected chi connectivity index (χ4v) is 4.55. The molecule has 8 nitrogen and oxygen atoms in total. The van der Waals surface area contributed by atoms with Crippen LogP contribution in [0.3, 0.4) is 0 Å². The predicted octanol–water partition coefficient (Wildman–Crippen LogP) is 5.73. The lowest BCUT2D eigenvalue weighted by atomic mass is 9.93. The van der Waals surface area contributed by atoms with Crippen LogP contribution in [0.1, 0.15) is 89.1 Å². The number of carbonyl (C=O) groups excluding carboxylic acids is 3. The molecule has 40 heavy (non-hydrogen) atoms. The van der Waals surface area contributed by atoms with E-state index in [1.54, 1.807) is 37.8 Å². The van der Waals surface area contributed by atoms with Crippen LogP contribution in [0.5, 0.6) is 5.75 Å². The van der Waals surface area contributed by atoms with Gasteiger partial charge in [0.25, 0.3) is 0 Å². The molecule has 0 aliphatic carbocycles. The van der Waals surface area contributed by atoms with E-state index in [1.165, 1.54) is 12.1 Å². The average molecular weight is 554 g/mol. The molecule has 2 aromatic carbocycles. The van der Waals surface area contributed by atoms with Gasteiger partial charge in [0.05, 0.1) is 0 Å². The zero-order valence-electron chi connectivity index (χ0n) is 25.3. The molecule has 0 aliphatic heterocycles. The van der Waals surface area contributed by atoms with Crippen molar-refractivity contribution < 1.29 is 24.2 Å². The smallest absolute Gasteiger partial charge is 0.408 e. The Labute approximate surface area is 239 Å². The van der Waals surface area contributed by atoms with Crippen molar-refractivity contribution in [3.05, 3.63) is 64.7 Å². The summed E-state index contributed by atoms with van der Waals surface area (Å²) in [6.07, 6.45) is 2.30. The predicted molar refractivity (Wildman–Crippen MR) is 158 cm³/mol. The van der Waals surface area contributed by atoms with E-state index >= 15 is 0 Å². The second-order valence-corrected chi connectivity index (χ2v) is 11.6. The molecule has 8 heteroatoms. The van der Waals surface area contributed by atoms with Crippen LogP contribution < -0.4 is 10.6 Å². The number of alkyl carbamates (subject to hydrolysis) is 1. The number of hydrogen-bond acceptors (Lipinski definition) is 5. The first kappa shape index (κ1) is 32.7. The van der Waals surface area contributed by atoms with Crippen LogP contribution in [0, 0.1) is 13.8 Å². The number of ether oxygens (including phenoxy) is 1. The van der Waals surface area contributed by atoms with Gasteiger partial charge in [-0.2, -0.15) is 0 Å². The Kier molecular flexibility index (Phi) is 12.0. The third kappa shape index (κ3) is 9.57. The molecule has 2 aromatic rings. The Morgan fingerprint density at radius 1 is 1.00 bits per heavy atom. The van der Waals surface area contributed by atoms with E-state index < -0.39 is 29.7 Å². The maximum Gasteiger partial charge on any atom is 0.408 e. The Morgan fingerprint density at radius 3 is 2.23 bits per heavy atom. The summed E-state index contributed by atoms with van der Waals surface area (Å²) < 4.78 is 5.48. The molecule has 3 amide bonds. The lowest BCUT2D eigenvalue weighted by Gasteiger charge is -2.38. The van der Waals surface area contributed by atoms with Crippen LogP contribution in [0.2, 0.25) is 0 Å². The number of phenols is 1. The van der Waals surface area contributed by atoms with E-state index in [1.807, 2.05) is 45.9 Å². The van der Waals surface area contributed by atoms with Crippen LogP contribution in [-0.4, -0.2) is 52.1 Å². The normalized spacial score (nSPS) is 12.9. The minimum absolute atomic E-state index is 0.102. The van der Waals surface area contributed by atoms with Crippen molar-refractivity contribution in [1.82, 2.24) is 15.5 Å². The van der Waals surface area contributed by atoms with Gasteiger partial charge in [0, 0.05) is 19.0 Å². The number of carbonyl (C=O) groups is 3.